The third kappa shape index (κ3) is 3.35. The maximum Gasteiger partial charge on any atom is 0.120 e. The molecule has 1 N–H and O–H groups in total. The van der Waals surface area contributed by atoms with Gasteiger partial charge in [0.1, 0.15) is 12.4 Å². The topological polar surface area (TPSA) is 21.3 Å². The van der Waals surface area contributed by atoms with Crippen molar-refractivity contribution in [2.75, 3.05) is 6.61 Å². The standard InChI is InChI=1S/C13H16BrNO/c1-2-7-16-12-5-6-13(14)10(8-12)9-15-11-3-4-11/h2,5-6,8,11,15H,1,3-4,7,9H2. The first kappa shape index (κ1) is 11.7. The van der Waals surface area contributed by atoms with Gasteiger partial charge in [-0.25, -0.2) is 0 Å². The zero-order chi connectivity index (χ0) is 11.4. The second kappa shape index (κ2) is 5.51. The summed E-state index contributed by atoms with van der Waals surface area (Å²) in [5, 5.41) is 3.49. The molecule has 0 unspecified atom stereocenters. The Balaban J connectivity index is 1.99. The molecule has 86 valence electrons. The van der Waals surface area contributed by atoms with E-state index in [2.05, 4.69) is 33.9 Å². The Hall–Kier alpha value is -0.800. The molecule has 1 aromatic rings. The monoisotopic (exact) mass is 281 g/mol. The van der Waals surface area contributed by atoms with Crippen molar-refractivity contribution in [3.05, 3.63) is 40.9 Å². The highest BCUT2D eigenvalue weighted by Gasteiger charge is 2.20. The Bertz CT molecular complexity index is 374. The summed E-state index contributed by atoms with van der Waals surface area (Å²) < 4.78 is 6.64. The highest BCUT2D eigenvalue weighted by molar-refractivity contribution is 9.10. The molecule has 0 aliphatic heterocycles. The predicted octanol–water partition coefficient (Wildman–Crippen LogP) is 3.27. The van der Waals surface area contributed by atoms with Crippen LogP contribution < -0.4 is 10.1 Å². The first-order valence-corrected chi connectivity index (χ1v) is 6.34. The minimum absolute atomic E-state index is 0.553. The van der Waals surface area contributed by atoms with Crippen LogP contribution in [-0.4, -0.2) is 12.6 Å². The molecule has 2 nitrogen and oxygen atoms in total. The average molecular weight is 282 g/mol. The molecule has 0 radical (unpaired) electrons. The molecule has 1 aliphatic carbocycles. The van der Waals surface area contributed by atoms with E-state index < -0.39 is 0 Å². The van der Waals surface area contributed by atoms with Crippen LogP contribution >= 0.6 is 15.9 Å². The quantitative estimate of drug-likeness (QED) is 0.809. The predicted molar refractivity (Wildman–Crippen MR) is 69.7 cm³/mol. The molecule has 0 atom stereocenters. The summed E-state index contributed by atoms with van der Waals surface area (Å²) >= 11 is 3.55. The van der Waals surface area contributed by atoms with Crippen LogP contribution in [0.4, 0.5) is 0 Å². The maximum absolute atomic E-state index is 5.51. The van der Waals surface area contributed by atoms with Crippen LogP contribution in [0.3, 0.4) is 0 Å². The van der Waals surface area contributed by atoms with E-state index in [0.29, 0.717) is 6.61 Å². The van der Waals surface area contributed by atoms with Crippen molar-refractivity contribution < 1.29 is 4.74 Å². The van der Waals surface area contributed by atoms with Crippen molar-refractivity contribution in [3.63, 3.8) is 0 Å². The molecule has 16 heavy (non-hydrogen) atoms. The average Bonchev–Trinajstić information content (AvgIpc) is 3.10. The fourth-order valence-electron chi connectivity index (χ4n) is 1.47. The third-order valence-corrected chi connectivity index (χ3v) is 3.32. The minimum atomic E-state index is 0.553. The van der Waals surface area contributed by atoms with Gasteiger partial charge in [0.15, 0.2) is 0 Å². The van der Waals surface area contributed by atoms with Crippen molar-refractivity contribution in [1.82, 2.24) is 5.32 Å². The van der Waals surface area contributed by atoms with Gasteiger partial charge in [0, 0.05) is 17.1 Å². The number of hydrogen-bond donors (Lipinski definition) is 1. The first-order chi connectivity index (χ1) is 7.79. The van der Waals surface area contributed by atoms with Crippen molar-refractivity contribution in [2.45, 2.75) is 25.4 Å². The lowest BCUT2D eigenvalue weighted by molar-refractivity contribution is 0.362. The van der Waals surface area contributed by atoms with Gasteiger partial charge in [-0.05, 0) is 36.6 Å². The van der Waals surface area contributed by atoms with Crippen LogP contribution in [0, 0.1) is 0 Å². The molecule has 1 fully saturated rings. The Morgan fingerprint density at radius 1 is 1.50 bits per heavy atom. The summed E-state index contributed by atoms with van der Waals surface area (Å²) in [7, 11) is 0. The lowest BCUT2D eigenvalue weighted by atomic mass is 10.2. The molecule has 2 rings (SSSR count). The minimum Gasteiger partial charge on any atom is -0.490 e. The molecule has 0 heterocycles. The highest BCUT2D eigenvalue weighted by Crippen LogP contribution is 2.25. The number of hydrogen-bond acceptors (Lipinski definition) is 2. The molecule has 0 amide bonds. The van der Waals surface area contributed by atoms with Gasteiger partial charge < -0.3 is 10.1 Å². The van der Waals surface area contributed by atoms with Gasteiger partial charge >= 0.3 is 0 Å². The summed E-state index contributed by atoms with van der Waals surface area (Å²) in [6.45, 7) is 5.09. The van der Waals surface area contributed by atoms with Crippen LogP contribution in [-0.2, 0) is 6.54 Å². The van der Waals surface area contributed by atoms with E-state index in [1.54, 1.807) is 6.08 Å². The first-order valence-electron chi connectivity index (χ1n) is 5.55. The summed E-state index contributed by atoms with van der Waals surface area (Å²) in [5.74, 6) is 0.899. The highest BCUT2D eigenvalue weighted by atomic mass is 79.9. The Morgan fingerprint density at radius 3 is 3.00 bits per heavy atom. The number of benzene rings is 1. The zero-order valence-corrected chi connectivity index (χ0v) is 10.8. The zero-order valence-electron chi connectivity index (χ0n) is 9.21. The van der Waals surface area contributed by atoms with E-state index in [1.807, 2.05) is 12.1 Å². The largest absolute Gasteiger partial charge is 0.490 e. The molecular formula is C13H16BrNO. The maximum atomic E-state index is 5.51. The number of rotatable bonds is 6. The van der Waals surface area contributed by atoms with Crippen molar-refractivity contribution >= 4 is 15.9 Å². The van der Waals surface area contributed by atoms with Gasteiger partial charge in [0.25, 0.3) is 0 Å². The van der Waals surface area contributed by atoms with Gasteiger partial charge in [-0.2, -0.15) is 0 Å². The summed E-state index contributed by atoms with van der Waals surface area (Å²) in [4.78, 5) is 0. The van der Waals surface area contributed by atoms with E-state index in [1.165, 1.54) is 18.4 Å². The van der Waals surface area contributed by atoms with Crippen LogP contribution in [0.1, 0.15) is 18.4 Å². The Labute approximate surface area is 105 Å². The molecule has 0 spiro atoms. The van der Waals surface area contributed by atoms with Crippen molar-refractivity contribution in [1.29, 1.82) is 0 Å². The lowest BCUT2D eigenvalue weighted by Crippen LogP contribution is -2.15. The lowest BCUT2D eigenvalue weighted by Gasteiger charge is -2.09. The molecule has 0 saturated heterocycles. The van der Waals surface area contributed by atoms with Crippen LogP contribution in [0.15, 0.2) is 35.3 Å². The fraction of sp³-hybridized carbons (Fsp3) is 0.385. The molecule has 1 saturated carbocycles. The van der Waals surface area contributed by atoms with E-state index in [0.717, 1.165) is 22.8 Å². The van der Waals surface area contributed by atoms with Gasteiger partial charge in [-0.15, -0.1) is 0 Å². The molecule has 0 aromatic heterocycles. The number of ether oxygens (including phenoxy) is 1. The van der Waals surface area contributed by atoms with Gasteiger partial charge in [-0.1, -0.05) is 28.6 Å². The number of halogens is 1. The van der Waals surface area contributed by atoms with Crippen molar-refractivity contribution in [3.8, 4) is 5.75 Å². The van der Waals surface area contributed by atoms with E-state index in [9.17, 15) is 0 Å². The van der Waals surface area contributed by atoms with E-state index in [-0.39, 0.29) is 0 Å². The molecule has 1 aromatic carbocycles. The number of nitrogens with one attached hydrogen (secondary N) is 1. The van der Waals surface area contributed by atoms with Gasteiger partial charge in [0.05, 0.1) is 0 Å². The molecule has 1 aliphatic rings. The summed E-state index contributed by atoms with van der Waals surface area (Å²) in [6, 6.07) is 6.80. The SMILES string of the molecule is C=CCOc1ccc(Br)c(CNC2CC2)c1. The molecular weight excluding hydrogens is 266 g/mol. The van der Waals surface area contributed by atoms with Crippen LogP contribution in [0.5, 0.6) is 5.75 Å². The van der Waals surface area contributed by atoms with Gasteiger partial charge in [0.2, 0.25) is 0 Å². The van der Waals surface area contributed by atoms with Gasteiger partial charge in [-0.3, -0.25) is 0 Å². The van der Waals surface area contributed by atoms with Crippen molar-refractivity contribution in [2.24, 2.45) is 0 Å². The Kier molecular flexibility index (Phi) is 4.02. The normalized spacial score (nSPS) is 14.8. The summed E-state index contributed by atoms with van der Waals surface area (Å²) in [6.07, 6.45) is 4.37. The second-order valence-corrected chi connectivity index (χ2v) is 4.86. The van der Waals surface area contributed by atoms with E-state index in [4.69, 9.17) is 4.74 Å². The second-order valence-electron chi connectivity index (χ2n) is 4.01. The fourth-order valence-corrected chi connectivity index (χ4v) is 1.86. The summed E-state index contributed by atoms with van der Waals surface area (Å²) in [5.41, 5.74) is 1.24. The smallest absolute Gasteiger partial charge is 0.120 e. The Morgan fingerprint density at radius 2 is 2.31 bits per heavy atom. The third-order valence-electron chi connectivity index (χ3n) is 2.54. The van der Waals surface area contributed by atoms with Crippen LogP contribution in [0.2, 0.25) is 0 Å². The van der Waals surface area contributed by atoms with E-state index >= 15 is 0 Å². The molecule has 0 bridgehead atoms. The van der Waals surface area contributed by atoms with Crippen LogP contribution in [0.25, 0.3) is 0 Å². The molecule has 3 heteroatoms.